The SMILES string of the molecule is CCCO.Cc1cccc2ccccc12. The number of rotatable bonds is 1. The Morgan fingerprint density at radius 3 is 2.20 bits per heavy atom. The van der Waals surface area contributed by atoms with Crippen molar-refractivity contribution in [3.63, 3.8) is 0 Å². The zero-order valence-electron chi connectivity index (χ0n) is 9.40. The zero-order valence-corrected chi connectivity index (χ0v) is 9.40. The third kappa shape index (κ3) is 3.37. The van der Waals surface area contributed by atoms with E-state index >= 15 is 0 Å². The maximum Gasteiger partial charge on any atom is 0.0428 e. The summed E-state index contributed by atoms with van der Waals surface area (Å²) in [6, 6.07) is 14.8. The molecule has 2 aromatic rings. The second kappa shape index (κ2) is 6.20. The van der Waals surface area contributed by atoms with E-state index < -0.39 is 0 Å². The Morgan fingerprint density at radius 2 is 1.60 bits per heavy atom. The van der Waals surface area contributed by atoms with E-state index in [1.54, 1.807) is 0 Å². The molecule has 1 heteroatoms. The van der Waals surface area contributed by atoms with E-state index in [-0.39, 0.29) is 0 Å². The van der Waals surface area contributed by atoms with Crippen LogP contribution >= 0.6 is 0 Å². The van der Waals surface area contributed by atoms with E-state index in [1.165, 1.54) is 16.3 Å². The molecule has 0 saturated carbocycles. The van der Waals surface area contributed by atoms with Crippen molar-refractivity contribution in [2.24, 2.45) is 0 Å². The monoisotopic (exact) mass is 202 g/mol. The van der Waals surface area contributed by atoms with Crippen molar-refractivity contribution < 1.29 is 5.11 Å². The molecular formula is C14H18O. The van der Waals surface area contributed by atoms with Crippen molar-refractivity contribution in [1.82, 2.24) is 0 Å². The van der Waals surface area contributed by atoms with Crippen LogP contribution in [-0.2, 0) is 0 Å². The minimum atomic E-state index is 0.319. The minimum Gasteiger partial charge on any atom is -0.396 e. The number of hydrogen-bond acceptors (Lipinski definition) is 1. The summed E-state index contributed by atoms with van der Waals surface area (Å²) in [5, 5.41) is 10.6. The standard InChI is InChI=1S/C11H10.C3H8O/c1-9-5-4-7-10-6-2-3-8-11(9)10;1-2-3-4/h2-8H,1H3;4H,2-3H2,1H3. The lowest BCUT2D eigenvalue weighted by atomic mass is 10.1. The Hall–Kier alpha value is -1.34. The first-order valence-corrected chi connectivity index (χ1v) is 5.34. The molecule has 15 heavy (non-hydrogen) atoms. The Labute approximate surface area is 91.4 Å². The van der Waals surface area contributed by atoms with E-state index in [0.717, 1.165) is 6.42 Å². The summed E-state index contributed by atoms with van der Waals surface area (Å²) in [6.07, 6.45) is 0.875. The molecule has 0 saturated heterocycles. The second-order valence-electron chi connectivity index (χ2n) is 3.52. The van der Waals surface area contributed by atoms with Gasteiger partial charge < -0.3 is 5.11 Å². The maximum absolute atomic E-state index is 7.88. The highest BCUT2D eigenvalue weighted by Gasteiger charge is 1.92. The lowest BCUT2D eigenvalue weighted by Gasteiger charge is -1.98. The lowest BCUT2D eigenvalue weighted by molar-refractivity contribution is 0.295. The third-order valence-corrected chi connectivity index (χ3v) is 2.23. The molecule has 0 aliphatic carbocycles. The largest absolute Gasteiger partial charge is 0.396 e. The molecule has 0 radical (unpaired) electrons. The Balaban J connectivity index is 0.000000245. The minimum absolute atomic E-state index is 0.319. The highest BCUT2D eigenvalue weighted by Crippen LogP contribution is 2.16. The molecule has 1 N–H and O–H groups in total. The molecule has 0 bridgehead atoms. The highest BCUT2D eigenvalue weighted by molar-refractivity contribution is 5.85. The number of aliphatic hydroxyl groups is 1. The lowest BCUT2D eigenvalue weighted by Crippen LogP contribution is -1.75. The van der Waals surface area contributed by atoms with Gasteiger partial charge in [-0.2, -0.15) is 0 Å². The Bertz CT molecular complexity index is 400. The smallest absolute Gasteiger partial charge is 0.0428 e. The molecular weight excluding hydrogens is 184 g/mol. The summed E-state index contributed by atoms with van der Waals surface area (Å²) in [5.74, 6) is 0. The van der Waals surface area contributed by atoms with Crippen LogP contribution < -0.4 is 0 Å². The molecule has 2 rings (SSSR count). The van der Waals surface area contributed by atoms with Crippen LogP contribution in [0.4, 0.5) is 0 Å². The molecule has 1 nitrogen and oxygen atoms in total. The normalized spacial score (nSPS) is 9.53. The van der Waals surface area contributed by atoms with E-state index in [0.29, 0.717) is 6.61 Å². The fourth-order valence-electron chi connectivity index (χ4n) is 1.39. The van der Waals surface area contributed by atoms with Gasteiger partial charge in [0.25, 0.3) is 0 Å². The van der Waals surface area contributed by atoms with Crippen molar-refractivity contribution in [2.75, 3.05) is 6.61 Å². The molecule has 0 aromatic heterocycles. The summed E-state index contributed by atoms with van der Waals surface area (Å²) in [5.41, 5.74) is 1.35. The van der Waals surface area contributed by atoms with Crippen molar-refractivity contribution >= 4 is 10.8 Å². The zero-order chi connectivity index (χ0) is 11.1. The molecule has 0 spiro atoms. The van der Waals surface area contributed by atoms with Crippen molar-refractivity contribution in [3.8, 4) is 0 Å². The predicted octanol–water partition coefficient (Wildman–Crippen LogP) is 3.54. The topological polar surface area (TPSA) is 20.2 Å². The summed E-state index contributed by atoms with van der Waals surface area (Å²) in [7, 11) is 0. The quantitative estimate of drug-likeness (QED) is 0.750. The van der Waals surface area contributed by atoms with E-state index in [9.17, 15) is 0 Å². The van der Waals surface area contributed by atoms with Crippen molar-refractivity contribution in [2.45, 2.75) is 20.3 Å². The Morgan fingerprint density at radius 1 is 1.00 bits per heavy atom. The van der Waals surface area contributed by atoms with Gasteiger partial charge in [-0.05, 0) is 29.7 Å². The summed E-state index contributed by atoms with van der Waals surface area (Å²) in [6.45, 7) is 4.39. The van der Waals surface area contributed by atoms with Gasteiger partial charge in [-0.1, -0.05) is 49.4 Å². The van der Waals surface area contributed by atoms with E-state index in [2.05, 4.69) is 49.4 Å². The van der Waals surface area contributed by atoms with Gasteiger partial charge in [-0.3, -0.25) is 0 Å². The molecule has 0 atom stereocenters. The summed E-state index contributed by atoms with van der Waals surface area (Å²) < 4.78 is 0. The summed E-state index contributed by atoms with van der Waals surface area (Å²) in [4.78, 5) is 0. The van der Waals surface area contributed by atoms with E-state index in [1.807, 2.05) is 6.92 Å². The van der Waals surface area contributed by atoms with Crippen LogP contribution in [0, 0.1) is 6.92 Å². The molecule has 2 aromatic carbocycles. The van der Waals surface area contributed by atoms with Gasteiger partial charge in [0.1, 0.15) is 0 Å². The Kier molecular flexibility index (Phi) is 4.85. The van der Waals surface area contributed by atoms with Gasteiger partial charge in [0.15, 0.2) is 0 Å². The number of fused-ring (bicyclic) bond motifs is 1. The number of aliphatic hydroxyl groups excluding tert-OH is 1. The molecule has 0 amide bonds. The van der Waals surface area contributed by atoms with Gasteiger partial charge in [0, 0.05) is 6.61 Å². The number of hydrogen-bond donors (Lipinski definition) is 1. The average Bonchev–Trinajstić information content (AvgIpc) is 2.30. The average molecular weight is 202 g/mol. The second-order valence-corrected chi connectivity index (χ2v) is 3.52. The first-order valence-electron chi connectivity index (χ1n) is 5.34. The van der Waals surface area contributed by atoms with Gasteiger partial charge >= 0.3 is 0 Å². The fraction of sp³-hybridized carbons (Fsp3) is 0.286. The van der Waals surface area contributed by atoms with Gasteiger partial charge in [-0.25, -0.2) is 0 Å². The fourth-order valence-corrected chi connectivity index (χ4v) is 1.39. The third-order valence-electron chi connectivity index (χ3n) is 2.23. The molecule has 0 heterocycles. The van der Waals surface area contributed by atoms with Crippen molar-refractivity contribution in [3.05, 3.63) is 48.0 Å². The maximum atomic E-state index is 7.88. The van der Waals surface area contributed by atoms with Gasteiger partial charge in [0.05, 0.1) is 0 Å². The van der Waals surface area contributed by atoms with Crippen molar-refractivity contribution in [1.29, 1.82) is 0 Å². The van der Waals surface area contributed by atoms with Gasteiger partial charge in [0.2, 0.25) is 0 Å². The van der Waals surface area contributed by atoms with Gasteiger partial charge in [-0.15, -0.1) is 0 Å². The first-order chi connectivity index (χ1) is 7.29. The van der Waals surface area contributed by atoms with E-state index in [4.69, 9.17) is 5.11 Å². The number of benzene rings is 2. The van der Waals surface area contributed by atoms with Crippen LogP contribution in [0.2, 0.25) is 0 Å². The first kappa shape index (κ1) is 11.7. The van der Waals surface area contributed by atoms with Crippen LogP contribution in [0.3, 0.4) is 0 Å². The molecule has 80 valence electrons. The van der Waals surface area contributed by atoms with Crippen LogP contribution in [0.25, 0.3) is 10.8 Å². The number of aryl methyl sites for hydroxylation is 1. The molecule has 0 aliphatic rings. The van der Waals surface area contributed by atoms with Crippen LogP contribution in [0.1, 0.15) is 18.9 Å². The molecule has 0 fully saturated rings. The highest BCUT2D eigenvalue weighted by atomic mass is 16.2. The van der Waals surface area contributed by atoms with Crippen LogP contribution in [-0.4, -0.2) is 11.7 Å². The summed E-state index contributed by atoms with van der Waals surface area (Å²) >= 11 is 0. The van der Waals surface area contributed by atoms with Crippen LogP contribution in [0.5, 0.6) is 0 Å². The predicted molar refractivity (Wildman–Crippen MR) is 66.1 cm³/mol. The molecule has 0 aliphatic heterocycles. The van der Waals surface area contributed by atoms with Crippen LogP contribution in [0.15, 0.2) is 42.5 Å². The molecule has 0 unspecified atom stereocenters.